The molecule has 0 saturated heterocycles. The number of benzene rings is 1. The summed E-state index contributed by atoms with van der Waals surface area (Å²) >= 11 is 0. The largest absolute Gasteiger partial charge is 0.481 e. The molecule has 0 unspecified atom stereocenters. The minimum Gasteiger partial charge on any atom is -0.481 e. The number of hydrogen-bond donors (Lipinski definition) is 1. The third-order valence-corrected chi connectivity index (χ3v) is 2.90. The number of hydrogen-bond acceptors (Lipinski definition) is 2. The second-order valence-electron chi connectivity index (χ2n) is 4.11. The summed E-state index contributed by atoms with van der Waals surface area (Å²) in [5.41, 5.74) is 3.51. The van der Waals surface area contributed by atoms with E-state index in [0.29, 0.717) is 0 Å². The number of aliphatic carboxylic acids is 1. The number of likely N-dealkylation sites (N-methyl/N-ethyl adjacent to an activating group) is 1. The average Bonchev–Trinajstić information content (AvgIpc) is 2.16. The van der Waals surface area contributed by atoms with Gasteiger partial charge in [0.25, 0.3) is 0 Å². The Balaban J connectivity index is 2.33. The SMILES string of the molecule is CN1CCc2c(CC(=O)O)cccc2C1. The Morgan fingerprint density at radius 3 is 3.07 bits per heavy atom. The Kier molecular flexibility index (Phi) is 2.73. The average molecular weight is 205 g/mol. The molecule has 1 aromatic carbocycles. The van der Waals surface area contributed by atoms with Crippen LogP contribution in [0.5, 0.6) is 0 Å². The molecule has 0 amide bonds. The van der Waals surface area contributed by atoms with Crippen molar-refractivity contribution in [3.8, 4) is 0 Å². The molecule has 0 aliphatic carbocycles. The van der Waals surface area contributed by atoms with Crippen LogP contribution in [0.3, 0.4) is 0 Å². The van der Waals surface area contributed by atoms with Gasteiger partial charge in [0, 0.05) is 13.1 Å². The van der Waals surface area contributed by atoms with Gasteiger partial charge >= 0.3 is 5.97 Å². The van der Waals surface area contributed by atoms with Gasteiger partial charge in [0.15, 0.2) is 0 Å². The molecule has 0 aromatic heterocycles. The van der Waals surface area contributed by atoms with Crippen molar-refractivity contribution in [2.45, 2.75) is 19.4 Å². The Hall–Kier alpha value is -1.35. The van der Waals surface area contributed by atoms with Crippen molar-refractivity contribution in [3.05, 3.63) is 34.9 Å². The van der Waals surface area contributed by atoms with Crippen LogP contribution in [0.25, 0.3) is 0 Å². The molecule has 0 saturated carbocycles. The van der Waals surface area contributed by atoms with Crippen LogP contribution in [0.2, 0.25) is 0 Å². The Morgan fingerprint density at radius 1 is 1.53 bits per heavy atom. The zero-order valence-corrected chi connectivity index (χ0v) is 8.86. The van der Waals surface area contributed by atoms with E-state index in [9.17, 15) is 4.79 Å². The molecule has 15 heavy (non-hydrogen) atoms. The number of fused-ring (bicyclic) bond motifs is 1. The lowest BCUT2D eigenvalue weighted by atomic mass is 9.93. The summed E-state index contributed by atoms with van der Waals surface area (Å²) in [5.74, 6) is -0.748. The molecule has 2 rings (SSSR count). The maximum Gasteiger partial charge on any atom is 0.307 e. The number of carbonyl (C=O) groups is 1. The van der Waals surface area contributed by atoms with Crippen LogP contribution in [0.4, 0.5) is 0 Å². The standard InChI is InChI=1S/C12H15NO2/c1-13-6-5-11-9(7-12(14)15)3-2-4-10(11)8-13/h2-4H,5-8H2,1H3,(H,14,15). The van der Waals surface area contributed by atoms with Crippen LogP contribution < -0.4 is 0 Å². The lowest BCUT2D eigenvalue weighted by Gasteiger charge is -2.26. The summed E-state index contributed by atoms with van der Waals surface area (Å²) in [4.78, 5) is 13.0. The van der Waals surface area contributed by atoms with E-state index >= 15 is 0 Å². The van der Waals surface area contributed by atoms with Crippen LogP contribution >= 0.6 is 0 Å². The fourth-order valence-corrected chi connectivity index (χ4v) is 2.16. The van der Waals surface area contributed by atoms with Gasteiger partial charge in [0.05, 0.1) is 6.42 Å². The van der Waals surface area contributed by atoms with Crippen LogP contribution in [0, 0.1) is 0 Å². The molecule has 1 aliphatic heterocycles. The van der Waals surface area contributed by atoms with Crippen molar-refractivity contribution < 1.29 is 9.90 Å². The molecule has 1 heterocycles. The highest BCUT2D eigenvalue weighted by atomic mass is 16.4. The fourth-order valence-electron chi connectivity index (χ4n) is 2.16. The van der Waals surface area contributed by atoms with E-state index in [1.165, 1.54) is 11.1 Å². The predicted octanol–water partition coefficient (Wildman–Crippen LogP) is 1.30. The Bertz CT molecular complexity index is 387. The van der Waals surface area contributed by atoms with E-state index in [-0.39, 0.29) is 6.42 Å². The van der Waals surface area contributed by atoms with Crippen LogP contribution in [0.1, 0.15) is 16.7 Å². The second kappa shape index (κ2) is 4.03. The topological polar surface area (TPSA) is 40.5 Å². The van der Waals surface area contributed by atoms with Crippen molar-refractivity contribution in [1.29, 1.82) is 0 Å². The van der Waals surface area contributed by atoms with E-state index in [4.69, 9.17) is 5.11 Å². The summed E-state index contributed by atoms with van der Waals surface area (Å²) in [6.07, 6.45) is 1.11. The smallest absolute Gasteiger partial charge is 0.307 e. The first kappa shape index (κ1) is 10.2. The minimum atomic E-state index is -0.748. The molecule has 3 nitrogen and oxygen atoms in total. The zero-order valence-electron chi connectivity index (χ0n) is 8.86. The molecule has 80 valence electrons. The number of rotatable bonds is 2. The highest BCUT2D eigenvalue weighted by Crippen LogP contribution is 2.22. The van der Waals surface area contributed by atoms with Gasteiger partial charge in [-0.2, -0.15) is 0 Å². The van der Waals surface area contributed by atoms with Crippen molar-refractivity contribution in [2.75, 3.05) is 13.6 Å². The van der Waals surface area contributed by atoms with Crippen LogP contribution in [-0.2, 0) is 24.2 Å². The van der Waals surface area contributed by atoms with E-state index in [2.05, 4.69) is 18.0 Å². The van der Waals surface area contributed by atoms with Gasteiger partial charge in [-0.15, -0.1) is 0 Å². The zero-order chi connectivity index (χ0) is 10.8. The first-order chi connectivity index (χ1) is 7.16. The molecule has 1 N–H and O–H groups in total. The van der Waals surface area contributed by atoms with Gasteiger partial charge in [-0.1, -0.05) is 18.2 Å². The lowest BCUT2D eigenvalue weighted by Crippen LogP contribution is -2.27. The highest BCUT2D eigenvalue weighted by Gasteiger charge is 2.16. The first-order valence-corrected chi connectivity index (χ1v) is 5.17. The van der Waals surface area contributed by atoms with Gasteiger partial charge in [-0.3, -0.25) is 4.79 Å². The highest BCUT2D eigenvalue weighted by molar-refractivity contribution is 5.71. The van der Waals surface area contributed by atoms with E-state index in [1.807, 2.05) is 12.1 Å². The van der Waals surface area contributed by atoms with Crippen LogP contribution in [-0.4, -0.2) is 29.6 Å². The quantitative estimate of drug-likeness (QED) is 0.791. The Morgan fingerprint density at radius 2 is 2.33 bits per heavy atom. The molecule has 1 aliphatic rings. The summed E-state index contributed by atoms with van der Waals surface area (Å²) < 4.78 is 0. The molecule has 1 aromatic rings. The van der Waals surface area contributed by atoms with Crippen molar-refractivity contribution in [1.82, 2.24) is 4.90 Å². The van der Waals surface area contributed by atoms with Gasteiger partial charge < -0.3 is 10.0 Å². The van der Waals surface area contributed by atoms with Gasteiger partial charge in [0.1, 0.15) is 0 Å². The lowest BCUT2D eigenvalue weighted by molar-refractivity contribution is -0.136. The molecule has 0 fully saturated rings. The molecule has 0 spiro atoms. The van der Waals surface area contributed by atoms with E-state index in [0.717, 1.165) is 25.1 Å². The number of carboxylic acids is 1. The number of carboxylic acid groups (broad SMARTS) is 1. The van der Waals surface area contributed by atoms with Gasteiger partial charge in [-0.25, -0.2) is 0 Å². The predicted molar refractivity (Wildman–Crippen MR) is 57.8 cm³/mol. The second-order valence-corrected chi connectivity index (χ2v) is 4.11. The molecular weight excluding hydrogens is 190 g/mol. The maximum absolute atomic E-state index is 10.7. The van der Waals surface area contributed by atoms with Gasteiger partial charge in [0.2, 0.25) is 0 Å². The van der Waals surface area contributed by atoms with Crippen LogP contribution in [0.15, 0.2) is 18.2 Å². The summed E-state index contributed by atoms with van der Waals surface area (Å²) in [6.45, 7) is 1.95. The fraction of sp³-hybridized carbons (Fsp3) is 0.417. The van der Waals surface area contributed by atoms with Crippen molar-refractivity contribution in [2.24, 2.45) is 0 Å². The molecule has 3 heteroatoms. The monoisotopic (exact) mass is 205 g/mol. The number of nitrogens with zero attached hydrogens (tertiary/aromatic N) is 1. The minimum absolute atomic E-state index is 0.146. The summed E-state index contributed by atoms with van der Waals surface area (Å²) in [5, 5.41) is 8.81. The van der Waals surface area contributed by atoms with E-state index < -0.39 is 5.97 Å². The summed E-state index contributed by atoms with van der Waals surface area (Å²) in [7, 11) is 2.09. The third-order valence-electron chi connectivity index (χ3n) is 2.90. The summed E-state index contributed by atoms with van der Waals surface area (Å²) in [6, 6.07) is 5.98. The van der Waals surface area contributed by atoms with Gasteiger partial charge in [-0.05, 0) is 30.2 Å². The maximum atomic E-state index is 10.7. The molecule has 0 atom stereocenters. The van der Waals surface area contributed by atoms with Crippen molar-refractivity contribution >= 4 is 5.97 Å². The normalized spacial score (nSPS) is 16.1. The van der Waals surface area contributed by atoms with E-state index in [1.54, 1.807) is 0 Å². The molecule has 0 radical (unpaired) electrons. The first-order valence-electron chi connectivity index (χ1n) is 5.17. The molecule has 0 bridgehead atoms. The Labute approximate surface area is 89.3 Å². The third kappa shape index (κ3) is 2.18. The molecular formula is C12H15NO2. The van der Waals surface area contributed by atoms with Crippen molar-refractivity contribution in [3.63, 3.8) is 0 Å².